The molecule has 2 rings (SSSR count). The van der Waals surface area contributed by atoms with Gasteiger partial charge >= 0.3 is 0 Å². The van der Waals surface area contributed by atoms with Crippen LogP contribution in [0.5, 0.6) is 0 Å². The Morgan fingerprint density at radius 2 is 2.22 bits per heavy atom. The van der Waals surface area contributed by atoms with Gasteiger partial charge in [0.25, 0.3) is 0 Å². The molecule has 0 aliphatic carbocycles. The van der Waals surface area contributed by atoms with Crippen molar-refractivity contribution in [3.8, 4) is 0 Å². The van der Waals surface area contributed by atoms with Crippen LogP contribution in [0, 0.1) is 18.7 Å². The van der Waals surface area contributed by atoms with E-state index < -0.39 is 0 Å². The van der Waals surface area contributed by atoms with E-state index in [0.717, 1.165) is 23.0 Å². The van der Waals surface area contributed by atoms with Crippen LogP contribution in [0.1, 0.15) is 25.8 Å². The first-order valence-corrected chi connectivity index (χ1v) is 7.16. The molecule has 1 aromatic rings. The number of anilines is 1. The average Bonchev–Trinajstić information content (AvgIpc) is 2.62. The van der Waals surface area contributed by atoms with Crippen LogP contribution in [-0.2, 0) is 0 Å². The summed E-state index contributed by atoms with van der Waals surface area (Å²) in [5, 5.41) is 4.66. The number of rotatable bonds is 3. The Morgan fingerprint density at radius 1 is 1.44 bits per heavy atom. The van der Waals surface area contributed by atoms with Crippen molar-refractivity contribution in [3.05, 3.63) is 29.6 Å². The van der Waals surface area contributed by atoms with Crippen LogP contribution in [0.4, 0.5) is 10.1 Å². The van der Waals surface area contributed by atoms with E-state index in [4.69, 9.17) is 0 Å². The highest BCUT2D eigenvalue weighted by Gasteiger charge is 2.20. The molecule has 1 atom stereocenters. The van der Waals surface area contributed by atoms with Gasteiger partial charge in [-0.05, 0) is 43.0 Å². The predicted octanol–water partition coefficient (Wildman–Crippen LogP) is 4.06. The van der Waals surface area contributed by atoms with Crippen molar-refractivity contribution in [2.45, 2.75) is 32.4 Å². The van der Waals surface area contributed by atoms with E-state index in [0.29, 0.717) is 11.2 Å². The van der Waals surface area contributed by atoms with Crippen LogP contribution in [0.25, 0.3) is 0 Å². The van der Waals surface area contributed by atoms with Gasteiger partial charge in [-0.1, -0.05) is 25.6 Å². The van der Waals surface area contributed by atoms with Crippen molar-refractivity contribution < 1.29 is 4.39 Å². The third-order valence-electron chi connectivity index (χ3n) is 2.74. The molecule has 0 amide bonds. The largest absolute Gasteiger partial charge is 0.335 e. The maximum absolute atomic E-state index is 13.3. The molecular formula is C14H19FN2S. The smallest absolute Gasteiger partial charge is 0.161 e. The lowest BCUT2D eigenvalue weighted by Gasteiger charge is -2.11. The second-order valence-corrected chi connectivity index (χ2v) is 6.45. The number of benzene rings is 1. The minimum atomic E-state index is -0.208. The highest BCUT2D eigenvalue weighted by Crippen LogP contribution is 2.27. The van der Waals surface area contributed by atoms with E-state index in [1.165, 1.54) is 18.6 Å². The molecule has 0 bridgehead atoms. The molecule has 4 heteroatoms. The Morgan fingerprint density at radius 3 is 2.89 bits per heavy atom. The second kappa shape index (κ2) is 5.74. The normalized spacial score (nSPS) is 19.2. The summed E-state index contributed by atoms with van der Waals surface area (Å²) in [4.78, 5) is 4.47. The predicted molar refractivity (Wildman–Crippen MR) is 77.9 cm³/mol. The number of thioether (sulfide) groups is 1. The summed E-state index contributed by atoms with van der Waals surface area (Å²) < 4.78 is 13.3. The molecule has 1 aliphatic rings. The lowest BCUT2D eigenvalue weighted by Crippen LogP contribution is -2.09. The van der Waals surface area contributed by atoms with E-state index >= 15 is 0 Å². The van der Waals surface area contributed by atoms with Crippen LogP contribution in [0.15, 0.2) is 23.2 Å². The summed E-state index contributed by atoms with van der Waals surface area (Å²) in [6, 6.07) is 4.96. The third-order valence-corrected chi connectivity index (χ3v) is 3.87. The molecule has 0 radical (unpaired) electrons. The van der Waals surface area contributed by atoms with Gasteiger partial charge in [0.1, 0.15) is 5.82 Å². The summed E-state index contributed by atoms with van der Waals surface area (Å²) in [7, 11) is 0. The molecular weight excluding hydrogens is 247 g/mol. The molecule has 0 fully saturated rings. The molecule has 1 N–H and O–H groups in total. The number of nitrogens with one attached hydrogen (secondary N) is 1. The van der Waals surface area contributed by atoms with Crippen LogP contribution in [0.2, 0.25) is 0 Å². The Bertz CT molecular complexity index is 437. The Kier molecular flexibility index (Phi) is 4.27. The number of amidine groups is 1. The molecule has 1 unspecified atom stereocenters. The number of aryl methyl sites for hydroxylation is 1. The van der Waals surface area contributed by atoms with Gasteiger partial charge in [0.2, 0.25) is 0 Å². The molecule has 1 aromatic carbocycles. The quantitative estimate of drug-likeness (QED) is 0.892. The fraction of sp³-hybridized carbons (Fsp3) is 0.500. The first-order valence-electron chi connectivity index (χ1n) is 6.28. The van der Waals surface area contributed by atoms with Crippen molar-refractivity contribution in [2.75, 3.05) is 11.9 Å². The summed E-state index contributed by atoms with van der Waals surface area (Å²) >= 11 is 1.76. The van der Waals surface area contributed by atoms with Gasteiger partial charge in [0.15, 0.2) is 5.17 Å². The van der Waals surface area contributed by atoms with Gasteiger partial charge < -0.3 is 5.32 Å². The molecule has 0 aromatic heterocycles. The number of nitrogens with zero attached hydrogens (tertiary/aromatic N) is 1. The van der Waals surface area contributed by atoms with Gasteiger partial charge in [-0.15, -0.1) is 0 Å². The van der Waals surface area contributed by atoms with E-state index in [1.807, 2.05) is 13.0 Å². The zero-order chi connectivity index (χ0) is 13.1. The summed E-state index contributed by atoms with van der Waals surface area (Å²) in [5.74, 6) is 0.480. The highest BCUT2D eigenvalue weighted by molar-refractivity contribution is 8.15. The van der Waals surface area contributed by atoms with Gasteiger partial charge in [0.05, 0.1) is 6.54 Å². The first-order chi connectivity index (χ1) is 8.52. The minimum absolute atomic E-state index is 0.208. The van der Waals surface area contributed by atoms with Crippen molar-refractivity contribution in [1.82, 2.24) is 0 Å². The minimum Gasteiger partial charge on any atom is -0.335 e. The summed E-state index contributed by atoms with van der Waals surface area (Å²) in [6.45, 7) is 7.20. The van der Waals surface area contributed by atoms with Gasteiger partial charge in [0, 0.05) is 10.9 Å². The van der Waals surface area contributed by atoms with Gasteiger partial charge in [-0.3, -0.25) is 4.99 Å². The van der Waals surface area contributed by atoms with E-state index in [-0.39, 0.29) is 5.82 Å². The molecule has 98 valence electrons. The number of aliphatic imine (C=N–C) groups is 1. The molecule has 1 heterocycles. The molecule has 0 spiro atoms. The number of hydrogen-bond acceptors (Lipinski definition) is 3. The van der Waals surface area contributed by atoms with Crippen molar-refractivity contribution >= 4 is 22.6 Å². The Hall–Kier alpha value is -1.03. The number of halogens is 1. The first kappa shape index (κ1) is 13.4. The van der Waals surface area contributed by atoms with Gasteiger partial charge in [-0.2, -0.15) is 0 Å². The fourth-order valence-electron chi connectivity index (χ4n) is 2.07. The molecule has 0 saturated heterocycles. The van der Waals surface area contributed by atoms with Crippen LogP contribution >= 0.6 is 11.8 Å². The van der Waals surface area contributed by atoms with E-state index in [9.17, 15) is 4.39 Å². The van der Waals surface area contributed by atoms with E-state index in [2.05, 4.69) is 24.2 Å². The van der Waals surface area contributed by atoms with Crippen LogP contribution in [0.3, 0.4) is 0 Å². The topological polar surface area (TPSA) is 24.4 Å². The standard InChI is InChI=1S/C14H19FN2S/c1-9(2)4-13-8-16-14(18-13)17-12-6-10(3)5-11(15)7-12/h5-7,9,13H,4,8H2,1-3H3,(H,16,17). The summed E-state index contributed by atoms with van der Waals surface area (Å²) in [6.07, 6.45) is 1.17. The van der Waals surface area contributed by atoms with Gasteiger partial charge in [-0.25, -0.2) is 4.39 Å². The Labute approximate surface area is 112 Å². The Balaban J connectivity index is 1.95. The fourth-order valence-corrected chi connectivity index (χ4v) is 3.34. The zero-order valence-electron chi connectivity index (χ0n) is 11.0. The summed E-state index contributed by atoms with van der Waals surface area (Å²) in [5.41, 5.74) is 1.70. The average molecular weight is 266 g/mol. The monoisotopic (exact) mass is 266 g/mol. The van der Waals surface area contributed by atoms with Crippen LogP contribution < -0.4 is 5.32 Å². The van der Waals surface area contributed by atoms with Crippen molar-refractivity contribution in [1.29, 1.82) is 0 Å². The molecule has 2 nitrogen and oxygen atoms in total. The highest BCUT2D eigenvalue weighted by atomic mass is 32.2. The lowest BCUT2D eigenvalue weighted by atomic mass is 10.1. The van der Waals surface area contributed by atoms with Crippen LogP contribution in [-0.4, -0.2) is 17.0 Å². The molecule has 1 aliphatic heterocycles. The SMILES string of the molecule is Cc1cc(F)cc(NC2=NCC(CC(C)C)S2)c1. The lowest BCUT2D eigenvalue weighted by molar-refractivity contribution is 0.575. The van der Waals surface area contributed by atoms with Crippen molar-refractivity contribution in [2.24, 2.45) is 10.9 Å². The third kappa shape index (κ3) is 3.73. The molecule has 0 saturated carbocycles. The maximum atomic E-state index is 13.3. The zero-order valence-corrected chi connectivity index (χ0v) is 11.9. The molecule has 18 heavy (non-hydrogen) atoms. The maximum Gasteiger partial charge on any atom is 0.161 e. The van der Waals surface area contributed by atoms with Crippen molar-refractivity contribution in [3.63, 3.8) is 0 Å². The second-order valence-electron chi connectivity index (χ2n) is 5.16. The number of hydrogen-bond donors (Lipinski definition) is 1. The van der Waals surface area contributed by atoms with E-state index in [1.54, 1.807) is 11.8 Å².